The highest BCUT2D eigenvalue weighted by atomic mass is 32.1. The SMILES string of the molecule is Cc1ccc(-c2csc3nc(NC(=O)C(C)Oc4ccccc4C(C)C)nn23)cc1. The minimum Gasteiger partial charge on any atom is -0.481 e. The van der Waals surface area contributed by atoms with Gasteiger partial charge in [0.15, 0.2) is 6.10 Å². The van der Waals surface area contributed by atoms with Gasteiger partial charge in [0, 0.05) is 10.9 Å². The number of aromatic nitrogens is 3. The lowest BCUT2D eigenvalue weighted by Gasteiger charge is -2.18. The molecule has 0 aliphatic rings. The Bertz CT molecular complexity index is 1180. The fourth-order valence-corrected chi connectivity index (χ4v) is 4.01. The van der Waals surface area contributed by atoms with Crippen molar-refractivity contribution in [1.82, 2.24) is 14.6 Å². The summed E-state index contributed by atoms with van der Waals surface area (Å²) in [5, 5.41) is 9.26. The molecule has 0 aliphatic carbocycles. The van der Waals surface area contributed by atoms with Crippen LogP contribution in [0.2, 0.25) is 0 Å². The second-order valence-corrected chi connectivity index (χ2v) is 8.40. The quantitative estimate of drug-likeness (QED) is 0.460. The van der Waals surface area contributed by atoms with Crippen LogP contribution in [0.25, 0.3) is 16.2 Å². The Kier molecular flexibility index (Phi) is 5.55. The maximum Gasteiger partial charge on any atom is 0.267 e. The number of rotatable bonds is 6. The minimum absolute atomic E-state index is 0.271. The van der Waals surface area contributed by atoms with Gasteiger partial charge in [0.05, 0.1) is 5.69 Å². The summed E-state index contributed by atoms with van der Waals surface area (Å²) in [6, 6.07) is 16.0. The number of para-hydroxylation sites is 1. The van der Waals surface area contributed by atoms with E-state index in [0.717, 1.165) is 27.5 Å². The highest BCUT2D eigenvalue weighted by Crippen LogP contribution is 2.28. The van der Waals surface area contributed by atoms with E-state index in [1.54, 1.807) is 11.4 Å². The summed E-state index contributed by atoms with van der Waals surface area (Å²) >= 11 is 1.48. The van der Waals surface area contributed by atoms with E-state index in [9.17, 15) is 4.79 Å². The number of ether oxygens (including phenoxy) is 1. The molecule has 2 heterocycles. The minimum atomic E-state index is -0.678. The van der Waals surface area contributed by atoms with Crippen LogP contribution in [-0.4, -0.2) is 26.6 Å². The van der Waals surface area contributed by atoms with E-state index in [4.69, 9.17) is 4.74 Å². The molecule has 2 aromatic heterocycles. The van der Waals surface area contributed by atoms with E-state index < -0.39 is 6.10 Å². The van der Waals surface area contributed by atoms with E-state index in [-0.39, 0.29) is 11.9 Å². The average Bonchev–Trinajstić information content (AvgIpc) is 3.29. The summed E-state index contributed by atoms with van der Waals surface area (Å²) in [4.78, 5) is 17.8. The Balaban J connectivity index is 1.50. The number of thiazole rings is 1. The van der Waals surface area contributed by atoms with E-state index in [2.05, 4.69) is 60.4 Å². The van der Waals surface area contributed by atoms with Crippen molar-refractivity contribution in [3.8, 4) is 17.0 Å². The second-order valence-electron chi connectivity index (χ2n) is 7.56. The molecule has 30 heavy (non-hydrogen) atoms. The van der Waals surface area contributed by atoms with E-state index in [1.165, 1.54) is 16.9 Å². The number of hydrogen-bond donors (Lipinski definition) is 1. The largest absolute Gasteiger partial charge is 0.481 e. The third-order valence-corrected chi connectivity index (χ3v) is 5.69. The van der Waals surface area contributed by atoms with Crippen LogP contribution in [0, 0.1) is 6.92 Å². The lowest BCUT2D eigenvalue weighted by Crippen LogP contribution is -2.31. The van der Waals surface area contributed by atoms with Gasteiger partial charge in [0.25, 0.3) is 11.9 Å². The predicted molar refractivity (Wildman–Crippen MR) is 120 cm³/mol. The van der Waals surface area contributed by atoms with Crippen molar-refractivity contribution in [2.45, 2.75) is 39.7 Å². The maximum absolute atomic E-state index is 12.7. The standard InChI is InChI=1S/C23H24N4O2S/c1-14(2)18-7-5-6-8-20(18)29-16(4)21(28)24-22-25-23-27(26-22)19(13-30-23)17-11-9-15(3)10-12-17/h5-14,16H,1-4H3,(H,24,26,28). The molecule has 0 saturated heterocycles. The molecule has 0 fully saturated rings. The normalized spacial score (nSPS) is 12.3. The lowest BCUT2D eigenvalue weighted by atomic mass is 10.0. The Morgan fingerprint density at radius 2 is 1.83 bits per heavy atom. The number of carbonyl (C=O) groups excluding carboxylic acids is 1. The van der Waals surface area contributed by atoms with Crippen molar-refractivity contribution >= 4 is 28.2 Å². The first-order valence-electron chi connectivity index (χ1n) is 9.90. The lowest BCUT2D eigenvalue weighted by molar-refractivity contribution is -0.122. The molecule has 0 radical (unpaired) electrons. The van der Waals surface area contributed by atoms with Gasteiger partial charge in [-0.15, -0.1) is 16.4 Å². The smallest absolute Gasteiger partial charge is 0.267 e. The van der Waals surface area contributed by atoms with E-state index >= 15 is 0 Å². The number of amides is 1. The third-order valence-electron chi connectivity index (χ3n) is 4.88. The van der Waals surface area contributed by atoms with Crippen molar-refractivity contribution < 1.29 is 9.53 Å². The summed E-state index contributed by atoms with van der Waals surface area (Å²) in [6.07, 6.45) is -0.678. The van der Waals surface area contributed by atoms with Crippen LogP contribution in [0.1, 0.15) is 37.8 Å². The van der Waals surface area contributed by atoms with Gasteiger partial charge in [0.1, 0.15) is 5.75 Å². The number of carbonyl (C=O) groups is 1. The third kappa shape index (κ3) is 4.07. The van der Waals surface area contributed by atoms with Crippen LogP contribution in [0.5, 0.6) is 5.75 Å². The molecule has 0 aliphatic heterocycles. The van der Waals surface area contributed by atoms with Crippen molar-refractivity contribution in [2.24, 2.45) is 0 Å². The molecular formula is C23H24N4O2S. The summed E-state index contributed by atoms with van der Waals surface area (Å²) in [5.74, 6) is 1.00. The number of hydrogen-bond acceptors (Lipinski definition) is 5. The number of fused-ring (bicyclic) bond motifs is 1. The Hall–Kier alpha value is -3.19. The summed E-state index contributed by atoms with van der Waals surface area (Å²) < 4.78 is 7.68. The zero-order chi connectivity index (χ0) is 21.3. The van der Waals surface area contributed by atoms with Crippen LogP contribution in [0.15, 0.2) is 53.9 Å². The van der Waals surface area contributed by atoms with Gasteiger partial charge in [-0.05, 0) is 31.4 Å². The van der Waals surface area contributed by atoms with E-state index in [1.807, 2.05) is 29.6 Å². The molecule has 0 spiro atoms. The highest BCUT2D eigenvalue weighted by Gasteiger charge is 2.20. The molecule has 0 bridgehead atoms. The van der Waals surface area contributed by atoms with Gasteiger partial charge in [-0.3, -0.25) is 10.1 Å². The van der Waals surface area contributed by atoms with Crippen LogP contribution >= 0.6 is 11.3 Å². The monoisotopic (exact) mass is 420 g/mol. The van der Waals surface area contributed by atoms with Crippen LogP contribution in [0.4, 0.5) is 5.95 Å². The summed E-state index contributed by atoms with van der Waals surface area (Å²) in [7, 11) is 0. The number of nitrogens with one attached hydrogen (secondary N) is 1. The van der Waals surface area contributed by atoms with Gasteiger partial charge in [0.2, 0.25) is 4.96 Å². The predicted octanol–water partition coefficient (Wildman–Crippen LogP) is 5.30. The number of nitrogens with zero attached hydrogens (tertiary/aromatic N) is 3. The topological polar surface area (TPSA) is 68.5 Å². The van der Waals surface area contributed by atoms with Gasteiger partial charge >= 0.3 is 0 Å². The van der Waals surface area contributed by atoms with Crippen LogP contribution in [-0.2, 0) is 4.79 Å². The molecule has 0 saturated carbocycles. The van der Waals surface area contributed by atoms with Gasteiger partial charge in [-0.25, -0.2) is 4.52 Å². The van der Waals surface area contributed by atoms with Crippen LogP contribution < -0.4 is 10.1 Å². The zero-order valence-corrected chi connectivity index (χ0v) is 18.2. The van der Waals surface area contributed by atoms with Crippen molar-refractivity contribution in [2.75, 3.05) is 5.32 Å². The van der Waals surface area contributed by atoms with Crippen molar-refractivity contribution in [3.05, 3.63) is 65.0 Å². The Labute approximate surface area is 179 Å². The Morgan fingerprint density at radius 3 is 2.57 bits per heavy atom. The maximum atomic E-state index is 12.7. The number of benzene rings is 2. The highest BCUT2D eigenvalue weighted by molar-refractivity contribution is 7.15. The Morgan fingerprint density at radius 1 is 1.10 bits per heavy atom. The summed E-state index contributed by atoms with van der Waals surface area (Å²) in [5.41, 5.74) is 4.26. The first-order chi connectivity index (χ1) is 14.4. The molecule has 1 amide bonds. The fourth-order valence-electron chi connectivity index (χ4n) is 3.18. The van der Waals surface area contributed by atoms with Gasteiger partial charge in [-0.2, -0.15) is 4.98 Å². The van der Waals surface area contributed by atoms with Gasteiger partial charge in [-0.1, -0.05) is 61.9 Å². The van der Waals surface area contributed by atoms with Crippen molar-refractivity contribution in [3.63, 3.8) is 0 Å². The fraction of sp³-hybridized carbons (Fsp3) is 0.261. The molecule has 4 rings (SSSR count). The van der Waals surface area contributed by atoms with Gasteiger partial charge < -0.3 is 4.74 Å². The molecule has 4 aromatic rings. The molecule has 6 nitrogen and oxygen atoms in total. The molecule has 1 unspecified atom stereocenters. The molecule has 154 valence electrons. The average molecular weight is 421 g/mol. The van der Waals surface area contributed by atoms with E-state index in [0.29, 0.717) is 5.92 Å². The first kappa shape index (κ1) is 20.1. The van der Waals surface area contributed by atoms with Crippen molar-refractivity contribution in [1.29, 1.82) is 0 Å². The molecule has 7 heteroatoms. The summed E-state index contributed by atoms with van der Waals surface area (Å²) in [6.45, 7) is 7.97. The number of aryl methyl sites for hydroxylation is 1. The second kappa shape index (κ2) is 8.28. The first-order valence-corrected chi connectivity index (χ1v) is 10.8. The molecule has 1 N–H and O–H groups in total. The van der Waals surface area contributed by atoms with Crippen LogP contribution in [0.3, 0.4) is 0 Å². The molecular weight excluding hydrogens is 396 g/mol. The molecule has 1 atom stereocenters. The number of anilines is 1. The zero-order valence-electron chi connectivity index (χ0n) is 17.4. The molecule has 2 aromatic carbocycles.